The van der Waals surface area contributed by atoms with Crippen LogP contribution in [0, 0.1) is 5.92 Å². The topological polar surface area (TPSA) is 12.0 Å². The Morgan fingerprint density at radius 1 is 1.07 bits per heavy atom. The summed E-state index contributed by atoms with van der Waals surface area (Å²) in [6, 6.07) is 1.68. The molecule has 15 heavy (non-hydrogen) atoms. The molecule has 0 saturated heterocycles. The van der Waals surface area contributed by atoms with Crippen LogP contribution in [-0.4, -0.2) is 23.1 Å². The number of nitrogens with one attached hydrogen (secondary N) is 1. The molecule has 4 unspecified atom stereocenters. The van der Waals surface area contributed by atoms with Crippen LogP contribution in [0.3, 0.4) is 0 Å². The molecule has 2 aliphatic rings. The van der Waals surface area contributed by atoms with E-state index in [0.29, 0.717) is 0 Å². The molecule has 0 aromatic rings. The van der Waals surface area contributed by atoms with Crippen LogP contribution in [0.4, 0.5) is 0 Å². The van der Waals surface area contributed by atoms with Gasteiger partial charge in [0.15, 0.2) is 0 Å². The summed E-state index contributed by atoms with van der Waals surface area (Å²) in [5.74, 6) is 2.25. The molecule has 1 N–H and O–H groups in total. The van der Waals surface area contributed by atoms with Crippen LogP contribution in [-0.2, 0) is 0 Å². The van der Waals surface area contributed by atoms with Crippen molar-refractivity contribution in [2.75, 3.05) is 5.75 Å². The molecule has 88 valence electrons. The first-order valence-electron chi connectivity index (χ1n) is 6.65. The largest absolute Gasteiger partial charge is 0.311 e. The van der Waals surface area contributed by atoms with Gasteiger partial charge in [-0.3, -0.25) is 0 Å². The molecule has 2 fully saturated rings. The average molecular weight is 227 g/mol. The Balaban J connectivity index is 1.68. The van der Waals surface area contributed by atoms with E-state index < -0.39 is 0 Å². The Hall–Kier alpha value is 0.310. The molecule has 0 spiro atoms. The summed E-state index contributed by atoms with van der Waals surface area (Å²) in [5, 5.41) is 4.83. The van der Waals surface area contributed by atoms with Crippen molar-refractivity contribution in [1.82, 2.24) is 5.32 Å². The fraction of sp³-hybridized carbons (Fsp3) is 1.00. The predicted octanol–water partition coefficient (Wildman–Crippen LogP) is 3.44. The summed E-state index contributed by atoms with van der Waals surface area (Å²) < 4.78 is 0. The molecule has 2 heteroatoms. The molecule has 0 aromatic heterocycles. The van der Waals surface area contributed by atoms with Gasteiger partial charge in [0.25, 0.3) is 0 Å². The smallest absolute Gasteiger partial charge is 0.00805 e. The molecule has 0 bridgehead atoms. The van der Waals surface area contributed by atoms with Crippen LogP contribution in [0.15, 0.2) is 0 Å². The molecular formula is C13H25NS. The molecule has 2 aliphatic carbocycles. The third-order valence-electron chi connectivity index (χ3n) is 3.95. The van der Waals surface area contributed by atoms with Gasteiger partial charge in [-0.15, -0.1) is 0 Å². The standard InChI is InChI=1S/C13H25NS/c1-3-15-13-7-6-12(9-13)14-11-5-4-10(2)8-11/h10-14H,3-9H2,1-2H3. The van der Waals surface area contributed by atoms with Crippen molar-refractivity contribution in [3.8, 4) is 0 Å². The van der Waals surface area contributed by atoms with E-state index in [1.165, 1.54) is 44.3 Å². The van der Waals surface area contributed by atoms with Gasteiger partial charge in [-0.25, -0.2) is 0 Å². The Morgan fingerprint density at radius 3 is 2.47 bits per heavy atom. The number of rotatable bonds is 4. The summed E-state index contributed by atoms with van der Waals surface area (Å²) in [6.07, 6.45) is 8.56. The minimum atomic E-state index is 0.837. The Labute approximate surface area is 98.8 Å². The molecule has 4 atom stereocenters. The monoisotopic (exact) mass is 227 g/mol. The zero-order valence-electron chi connectivity index (χ0n) is 10.2. The van der Waals surface area contributed by atoms with E-state index in [-0.39, 0.29) is 0 Å². The lowest BCUT2D eigenvalue weighted by atomic mass is 10.1. The van der Waals surface area contributed by atoms with Crippen LogP contribution in [0.5, 0.6) is 0 Å². The zero-order chi connectivity index (χ0) is 10.7. The molecule has 0 heterocycles. The Morgan fingerprint density at radius 2 is 1.80 bits per heavy atom. The first-order chi connectivity index (χ1) is 7.28. The van der Waals surface area contributed by atoms with Crippen LogP contribution in [0.2, 0.25) is 0 Å². The van der Waals surface area contributed by atoms with E-state index in [0.717, 1.165) is 23.3 Å². The van der Waals surface area contributed by atoms with Crippen molar-refractivity contribution in [2.45, 2.75) is 69.7 Å². The van der Waals surface area contributed by atoms with Gasteiger partial charge in [0.1, 0.15) is 0 Å². The number of thioether (sulfide) groups is 1. The van der Waals surface area contributed by atoms with E-state index in [1.54, 1.807) is 0 Å². The van der Waals surface area contributed by atoms with Gasteiger partial charge in [0.05, 0.1) is 0 Å². The van der Waals surface area contributed by atoms with Crippen molar-refractivity contribution in [3.63, 3.8) is 0 Å². The summed E-state index contributed by atoms with van der Waals surface area (Å²) in [7, 11) is 0. The van der Waals surface area contributed by atoms with Crippen LogP contribution in [0.25, 0.3) is 0 Å². The van der Waals surface area contributed by atoms with Crippen LogP contribution < -0.4 is 5.32 Å². The van der Waals surface area contributed by atoms with E-state index in [2.05, 4.69) is 30.9 Å². The van der Waals surface area contributed by atoms with E-state index in [1.807, 2.05) is 0 Å². The lowest BCUT2D eigenvalue weighted by Gasteiger charge is -2.18. The lowest BCUT2D eigenvalue weighted by molar-refractivity contribution is 0.426. The summed E-state index contributed by atoms with van der Waals surface area (Å²) in [4.78, 5) is 0. The minimum Gasteiger partial charge on any atom is -0.311 e. The van der Waals surface area contributed by atoms with Crippen molar-refractivity contribution < 1.29 is 0 Å². The molecule has 0 aromatic carbocycles. The van der Waals surface area contributed by atoms with Gasteiger partial charge in [-0.1, -0.05) is 13.8 Å². The summed E-state index contributed by atoms with van der Waals surface area (Å²) >= 11 is 2.16. The second kappa shape index (κ2) is 5.58. The first kappa shape index (κ1) is 11.8. The quantitative estimate of drug-likeness (QED) is 0.789. The molecule has 0 amide bonds. The van der Waals surface area contributed by atoms with Gasteiger partial charge in [-0.2, -0.15) is 11.8 Å². The molecule has 1 nitrogen and oxygen atoms in total. The van der Waals surface area contributed by atoms with E-state index in [4.69, 9.17) is 0 Å². The van der Waals surface area contributed by atoms with Crippen LogP contribution in [0.1, 0.15) is 52.4 Å². The lowest BCUT2D eigenvalue weighted by Crippen LogP contribution is -2.35. The Kier molecular flexibility index (Phi) is 4.39. The van der Waals surface area contributed by atoms with Crippen LogP contribution >= 0.6 is 11.8 Å². The van der Waals surface area contributed by atoms with Gasteiger partial charge in [0, 0.05) is 17.3 Å². The normalized spacial score (nSPS) is 41.2. The average Bonchev–Trinajstić information content (AvgIpc) is 2.78. The van der Waals surface area contributed by atoms with E-state index >= 15 is 0 Å². The summed E-state index contributed by atoms with van der Waals surface area (Å²) in [5.41, 5.74) is 0. The molecular weight excluding hydrogens is 202 g/mol. The van der Waals surface area contributed by atoms with Gasteiger partial charge < -0.3 is 5.32 Å². The van der Waals surface area contributed by atoms with Crippen molar-refractivity contribution in [1.29, 1.82) is 0 Å². The fourth-order valence-electron chi connectivity index (χ4n) is 3.17. The number of hydrogen-bond donors (Lipinski definition) is 1. The second-order valence-corrected chi connectivity index (χ2v) is 6.95. The molecule has 2 saturated carbocycles. The molecule has 0 aliphatic heterocycles. The van der Waals surface area contributed by atoms with Crippen molar-refractivity contribution in [3.05, 3.63) is 0 Å². The highest BCUT2D eigenvalue weighted by atomic mass is 32.2. The third-order valence-corrected chi connectivity index (χ3v) is 5.19. The first-order valence-corrected chi connectivity index (χ1v) is 7.70. The third kappa shape index (κ3) is 3.39. The van der Waals surface area contributed by atoms with Gasteiger partial charge in [-0.05, 0) is 50.2 Å². The second-order valence-electron chi connectivity index (χ2n) is 5.37. The fourth-order valence-corrected chi connectivity index (χ4v) is 4.31. The maximum absolute atomic E-state index is 3.88. The molecule has 2 rings (SSSR count). The highest BCUT2D eigenvalue weighted by Crippen LogP contribution is 2.32. The zero-order valence-corrected chi connectivity index (χ0v) is 11.0. The molecule has 0 radical (unpaired) electrons. The van der Waals surface area contributed by atoms with Crippen molar-refractivity contribution in [2.24, 2.45) is 5.92 Å². The maximum atomic E-state index is 3.88. The minimum absolute atomic E-state index is 0.837. The van der Waals surface area contributed by atoms with Gasteiger partial charge >= 0.3 is 0 Å². The van der Waals surface area contributed by atoms with E-state index in [9.17, 15) is 0 Å². The highest BCUT2D eigenvalue weighted by Gasteiger charge is 2.28. The Bertz CT molecular complexity index is 195. The highest BCUT2D eigenvalue weighted by molar-refractivity contribution is 7.99. The maximum Gasteiger partial charge on any atom is 0.00805 e. The predicted molar refractivity (Wildman–Crippen MR) is 69.5 cm³/mol. The summed E-state index contributed by atoms with van der Waals surface area (Å²) in [6.45, 7) is 4.68. The van der Waals surface area contributed by atoms with Crippen molar-refractivity contribution >= 4 is 11.8 Å². The SMILES string of the molecule is CCSC1CCC(NC2CCC(C)C2)C1. The number of hydrogen-bond acceptors (Lipinski definition) is 2. The van der Waals surface area contributed by atoms with Gasteiger partial charge in [0.2, 0.25) is 0 Å².